The van der Waals surface area contributed by atoms with Crippen LogP contribution in [0.1, 0.15) is 31.5 Å². The van der Waals surface area contributed by atoms with E-state index >= 15 is 0 Å². The van der Waals surface area contributed by atoms with Gasteiger partial charge in [0.25, 0.3) is 0 Å². The molecule has 1 fully saturated rings. The molecule has 1 aromatic rings. The van der Waals surface area contributed by atoms with Crippen molar-refractivity contribution < 1.29 is 4.74 Å². The smallest absolute Gasteiger partial charge is 0.0557 e. The lowest BCUT2D eigenvalue weighted by molar-refractivity contribution is 0.176. The first-order valence-electron chi connectivity index (χ1n) is 6.13. The molecule has 4 nitrogen and oxygen atoms in total. The summed E-state index contributed by atoms with van der Waals surface area (Å²) in [5, 5.41) is 7.79. The van der Waals surface area contributed by atoms with Crippen molar-refractivity contribution >= 4 is 0 Å². The number of nitrogens with zero attached hydrogens (tertiary/aromatic N) is 2. The van der Waals surface area contributed by atoms with Gasteiger partial charge in [0.15, 0.2) is 0 Å². The highest BCUT2D eigenvalue weighted by Crippen LogP contribution is 2.28. The van der Waals surface area contributed by atoms with Crippen LogP contribution in [0.25, 0.3) is 0 Å². The minimum Gasteiger partial charge on any atom is -0.381 e. The highest BCUT2D eigenvalue weighted by Gasteiger charge is 2.27. The van der Waals surface area contributed by atoms with Crippen LogP contribution in [0.5, 0.6) is 0 Å². The molecule has 1 N–H and O–H groups in total. The fourth-order valence-corrected chi connectivity index (χ4v) is 2.45. The van der Waals surface area contributed by atoms with Crippen LogP contribution in [-0.4, -0.2) is 30.0 Å². The number of aromatic nitrogens is 2. The first-order chi connectivity index (χ1) is 7.86. The SMILES string of the molecule is CCCn1nccc1C(NC)C1CCOC1. The average Bonchev–Trinajstić information content (AvgIpc) is 2.92. The van der Waals surface area contributed by atoms with E-state index in [0.717, 1.165) is 32.6 Å². The Morgan fingerprint density at radius 3 is 3.19 bits per heavy atom. The largest absolute Gasteiger partial charge is 0.381 e. The zero-order chi connectivity index (χ0) is 11.4. The number of hydrogen-bond acceptors (Lipinski definition) is 3. The molecule has 0 aliphatic carbocycles. The summed E-state index contributed by atoms with van der Waals surface area (Å²) < 4.78 is 7.58. The quantitative estimate of drug-likeness (QED) is 0.824. The number of ether oxygens (including phenoxy) is 1. The normalized spacial score (nSPS) is 22.5. The Kier molecular flexibility index (Phi) is 3.96. The number of rotatable bonds is 5. The van der Waals surface area contributed by atoms with Crippen LogP contribution in [0.4, 0.5) is 0 Å². The Balaban J connectivity index is 2.15. The zero-order valence-corrected chi connectivity index (χ0v) is 10.1. The van der Waals surface area contributed by atoms with Crippen molar-refractivity contribution in [1.82, 2.24) is 15.1 Å². The van der Waals surface area contributed by atoms with Gasteiger partial charge in [0.2, 0.25) is 0 Å². The van der Waals surface area contributed by atoms with Crippen molar-refractivity contribution in [2.45, 2.75) is 32.4 Å². The van der Waals surface area contributed by atoms with Gasteiger partial charge in [-0.3, -0.25) is 4.68 Å². The van der Waals surface area contributed by atoms with Crippen molar-refractivity contribution in [1.29, 1.82) is 0 Å². The minimum absolute atomic E-state index is 0.372. The second-order valence-electron chi connectivity index (χ2n) is 4.37. The van der Waals surface area contributed by atoms with E-state index in [1.54, 1.807) is 0 Å². The van der Waals surface area contributed by atoms with Crippen LogP contribution in [0.3, 0.4) is 0 Å². The molecule has 1 aromatic heterocycles. The van der Waals surface area contributed by atoms with E-state index in [4.69, 9.17) is 4.74 Å². The molecule has 0 amide bonds. The van der Waals surface area contributed by atoms with Gasteiger partial charge < -0.3 is 10.1 Å². The van der Waals surface area contributed by atoms with Crippen LogP contribution in [0.2, 0.25) is 0 Å². The highest BCUT2D eigenvalue weighted by atomic mass is 16.5. The molecule has 16 heavy (non-hydrogen) atoms. The Labute approximate surface area is 97.0 Å². The van der Waals surface area contributed by atoms with Crippen molar-refractivity contribution in [3.8, 4) is 0 Å². The van der Waals surface area contributed by atoms with Crippen molar-refractivity contribution in [2.24, 2.45) is 5.92 Å². The van der Waals surface area contributed by atoms with Crippen molar-refractivity contribution in [2.75, 3.05) is 20.3 Å². The van der Waals surface area contributed by atoms with Gasteiger partial charge in [-0.15, -0.1) is 0 Å². The van der Waals surface area contributed by atoms with Crippen molar-refractivity contribution in [3.63, 3.8) is 0 Å². The van der Waals surface area contributed by atoms with Gasteiger partial charge in [-0.1, -0.05) is 6.92 Å². The van der Waals surface area contributed by atoms with Crippen LogP contribution >= 0.6 is 0 Å². The van der Waals surface area contributed by atoms with Gasteiger partial charge in [-0.25, -0.2) is 0 Å². The third-order valence-electron chi connectivity index (χ3n) is 3.25. The van der Waals surface area contributed by atoms with E-state index in [-0.39, 0.29) is 0 Å². The molecule has 0 bridgehead atoms. The standard InChI is InChI=1S/C12H21N3O/c1-3-7-15-11(4-6-14-15)12(13-2)10-5-8-16-9-10/h4,6,10,12-13H,3,5,7-9H2,1-2H3. The molecule has 0 spiro atoms. The van der Waals surface area contributed by atoms with E-state index in [1.807, 2.05) is 13.2 Å². The summed E-state index contributed by atoms with van der Waals surface area (Å²) in [7, 11) is 2.02. The van der Waals surface area contributed by atoms with Gasteiger partial charge in [0, 0.05) is 25.3 Å². The molecule has 1 saturated heterocycles. The third-order valence-corrected chi connectivity index (χ3v) is 3.25. The molecule has 2 unspecified atom stereocenters. The average molecular weight is 223 g/mol. The Hall–Kier alpha value is -0.870. The first-order valence-corrected chi connectivity index (χ1v) is 6.13. The first kappa shape index (κ1) is 11.6. The highest BCUT2D eigenvalue weighted by molar-refractivity contribution is 5.09. The van der Waals surface area contributed by atoms with Crippen molar-refractivity contribution in [3.05, 3.63) is 18.0 Å². The fourth-order valence-electron chi connectivity index (χ4n) is 2.45. The zero-order valence-electron chi connectivity index (χ0n) is 10.1. The molecule has 90 valence electrons. The summed E-state index contributed by atoms with van der Waals surface area (Å²) >= 11 is 0. The summed E-state index contributed by atoms with van der Waals surface area (Å²) in [6.45, 7) is 4.93. The summed E-state index contributed by atoms with van der Waals surface area (Å²) in [5.41, 5.74) is 1.29. The van der Waals surface area contributed by atoms with E-state index < -0.39 is 0 Å². The summed E-state index contributed by atoms with van der Waals surface area (Å²) in [6.07, 6.45) is 4.15. The number of aryl methyl sites for hydroxylation is 1. The maximum Gasteiger partial charge on any atom is 0.0557 e. The monoisotopic (exact) mass is 223 g/mol. The topological polar surface area (TPSA) is 39.1 Å². The molecular weight excluding hydrogens is 202 g/mol. The van der Waals surface area contributed by atoms with E-state index in [0.29, 0.717) is 12.0 Å². The lowest BCUT2D eigenvalue weighted by Crippen LogP contribution is -2.28. The Morgan fingerprint density at radius 2 is 2.56 bits per heavy atom. The molecule has 0 radical (unpaired) electrons. The Bertz CT molecular complexity index is 318. The molecule has 0 aromatic carbocycles. The maximum atomic E-state index is 5.47. The molecule has 2 heterocycles. The predicted molar refractivity (Wildman–Crippen MR) is 63.2 cm³/mol. The van der Waals surface area contributed by atoms with Crippen LogP contribution in [-0.2, 0) is 11.3 Å². The van der Waals surface area contributed by atoms with Gasteiger partial charge in [0.05, 0.1) is 18.3 Å². The van der Waals surface area contributed by atoms with E-state index in [2.05, 4.69) is 28.1 Å². The van der Waals surface area contributed by atoms with Gasteiger partial charge in [0.1, 0.15) is 0 Å². The second-order valence-corrected chi connectivity index (χ2v) is 4.37. The molecule has 4 heteroatoms. The van der Waals surface area contributed by atoms with E-state index in [1.165, 1.54) is 5.69 Å². The lowest BCUT2D eigenvalue weighted by Gasteiger charge is -2.22. The predicted octanol–water partition coefficient (Wildman–Crippen LogP) is 1.59. The molecule has 2 rings (SSSR count). The maximum absolute atomic E-state index is 5.47. The fraction of sp³-hybridized carbons (Fsp3) is 0.750. The third kappa shape index (κ3) is 2.28. The molecule has 1 aliphatic heterocycles. The van der Waals surface area contributed by atoms with Crippen LogP contribution in [0.15, 0.2) is 12.3 Å². The summed E-state index contributed by atoms with van der Waals surface area (Å²) in [6, 6.07) is 2.49. The van der Waals surface area contributed by atoms with Crippen LogP contribution < -0.4 is 5.32 Å². The minimum atomic E-state index is 0.372. The summed E-state index contributed by atoms with van der Waals surface area (Å²) in [5.74, 6) is 0.581. The van der Waals surface area contributed by atoms with Gasteiger partial charge >= 0.3 is 0 Å². The Morgan fingerprint density at radius 1 is 1.69 bits per heavy atom. The molecule has 1 aliphatic rings. The number of nitrogens with one attached hydrogen (secondary N) is 1. The molecule has 2 atom stereocenters. The molecule has 0 saturated carbocycles. The lowest BCUT2D eigenvalue weighted by atomic mass is 9.96. The van der Waals surface area contributed by atoms with E-state index in [9.17, 15) is 0 Å². The summed E-state index contributed by atoms with van der Waals surface area (Å²) in [4.78, 5) is 0. The number of hydrogen-bond donors (Lipinski definition) is 1. The second kappa shape index (κ2) is 5.46. The van der Waals surface area contributed by atoms with Gasteiger partial charge in [-0.2, -0.15) is 5.10 Å². The van der Waals surface area contributed by atoms with Crippen LogP contribution in [0, 0.1) is 5.92 Å². The molecular formula is C12H21N3O. The van der Waals surface area contributed by atoms with Gasteiger partial charge in [-0.05, 0) is 26.0 Å².